The van der Waals surface area contributed by atoms with Gasteiger partial charge in [-0.25, -0.2) is 0 Å². The van der Waals surface area contributed by atoms with Crippen LogP contribution >= 0.6 is 0 Å². The molecule has 2 aromatic rings. The van der Waals surface area contributed by atoms with Crippen LogP contribution in [0.2, 0.25) is 0 Å². The number of nitrogens with zero attached hydrogens (tertiary/aromatic N) is 3. The summed E-state index contributed by atoms with van der Waals surface area (Å²) in [5.41, 5.74) is 2.72. The van der Waals surface area contributed by atoms with E-state index in [1.807, 2.05) is 51.1 Å². The molecule has 2 rings (SSSR count). The number of aliphatic hydroxyl groups is 1. The van der Waals surface area contributed by atoms with Crippen LogP contribution in [-0.4, -0.2) is 46.0 Å². The Morgan fingerprint density at radius 3 is 2.67 bits per heavy atom. The van der Waals surface area contributed by atoms with Crippen molar-refractivity contribution in [3.63, 3.8) is 0 Å². The van der Waals surface area contributed by atoms with E-state index in [9.17, 15) is 9.90 Å². The van der Waals surface area contributed by atoms with Gasteiger partial charge in [0.15, 0.2) is 0 Å². The first-order valence-electron chi connectivity index (χ1n) is 8.02. The summed E-state index contributed by atoms with van der Waals surface area (Å²) in [6.45, 7) is 6.22. The van der Waals surface area contributed by atoms with Gasteiger partial charge in [-0.3, -0.25) is 9.48 Å². The molecule has 1 aromatic heterocycles. The van der Waals surface area contributed by atoms with Gasteiger partial charge in [-0.2, -0.15) is 5.10 Å². The van der Waals surface area contributed by atoms with Crippen molar-refractivity contribution in [1.29, 1.82) is 0 Å². The second-order valence-corrected chi connectivity index (χ2v) is 5.84. The summed E-state index contributed by atoms with van der Waals surface area (Å²) in [6, 6.07) is 9.09. The number of para-hydroxylation sites is 1. The van der Waals surface area contributed by atoms with Crippen LogP contribution in [-0.2, 0) is 11.3 Å². The van der Waals surface area contributed by atoms with Gasteiger partial charge in [0.05, 0.1) is 19.4 Å². The molecule has 0 aliphatic heterocycles. The summed E-state index contributed by atoms with van der Waals surface area (Å²) >= 11 is 0. The van der Waals surface area contributed by atoms with Crippen LogP contribution < -0.4 is 4.74 Å². The predicted molar refractivity (Wildman–Crippen MR) is 91.9 cm³/mol. The maximum Gasteiger partial charge on any atom is 0.247 e. The van der Waals surface area contributed by atoms with E-state index in [0.29, 0.717) is 6.54 Å². The smallest absolute Gasteiger partial charge is 0.247 e. The maximum absolute atomic E-state index is 12.9. The van der Waals surface area contributed by atoms with E-state index in [-0.39, 0.29) is 19.1 Å². The summed E-state index contributed by atoms with van der Waals surface area (Å²) in [4.78, 5) is 14.6. The molecule has 0 aliphatic rings. The fraction of sp³-hybridized carbons (Fsp3) is 0.444. The lowest BCUT2D eigenvalue weighted by Crippen LogP contribution is -2.38. The average molecular weight is 331 g/mol. The average Bonchev–Trinajstić information content (AvgIpc) is 2.92. The number of aliphatic hydroxyl groups excluding tert-OH is 1. The van der Waals surface area contributed by atoms with Gasteiger partial charge in [0, 0.05) is 24.3 Å². The van der Waals surface area contributed by atoms with Crippen LogP contribution in [0.15, 0.2) is 30.3 Å². The highest BCUT2D eigenvalue weighted by molar-refractivity contribution is 5.80. The van der Waals surface area contributed by atoms with Crippen LogP contribution in [0.3, 0.4) is 0 Å². The minimum absolute atomic E-state index is 0.0823. The normalized spacial score (nSPS) is 12.0. The van der Waals surface area contributed by atoms with Crippen molar-refractivity contribution >= 4 is 5.91 Å². The van der Waals surface area contributed by atoms with Gasteiger partial charge >= 0.3 is 0 Å². The van der Waals surface area contributed by atoms with Gasteiger partial charge < -0.3 is 14.7 Å². The van der Waals surface area contributed by atoms with Crippen molar-refractivity contribution in [1.82, 2.24) is 14.7 Å². The van der Waals surface area contributed by atoms with Crippen LogP contribution in [0.1, 0.15) is 29.9 Å². The Kier molecular flexibility index (Phi) is 5.98. The van der Waals surface area contributed by atoms with Crippen molar-refractivity contribution in [2.75, 3.05) is 20.3 Å². The van der Waals surface area contributed by atoms with Gasteiger partial charge in [-0.1, -0.05) is 18.2 Å². The van der Waals surface area contributed by atoms with E-state index in [2.05, 4.69) is 5.10 Å². The number of amides is 1. The van der Waals surface area contributed by atoms with Crippen molar-refractivity contribution in [3.8, 4) is 5.75 Å². The minimum Gasteiger partial charge on any atom is -0.496 e. The number of benzene rings is 1. The van der Waals surface area contributed by atoms with Crippen LogP contribution in [0, 0.1) is 13.8 Å². The molecule has 1 heterocycles. The first-order valence-corrected chi connectivity index (χ1v) is 8.02. The minimum atomic E-state index is -0.431. The van der Waals surface area contributed by atoms with Crippen molar-refractivity contribution in [3.05, 3.63) is 47.3 Å². The zero-order valence-corrected chi connectivity index (χ0v) is 14.7. The summed E-state index contributed by atoms with van der Waals surface area (Å²) in [7, 11) is 1.61. The van der Waals surface area contributed by atoms with E-state index < -0.39 is 6.04 Å². The number of hydrogen-bond donors (Lipinski definition) is 1. The van der Waals surface area contributed by atoms with E-state index in [1.54, 1.807) is 16.7 Å². The summed E-state index contributed by atoms with van der Waals surface area (Å²) in [6.07, 6.45) is 0. The van der Waals surface area contributed by atoms with E-state index in [1.165, 1.54) is 0 Å². The Hall–Kier alpha value is -2.34. The van der Waals surface area contributed by atoms with Crippen molar-refractivity contribution < 1.29 is 14.6 Å². The van der Waals surface area contributed by atoms with Gasteiger partial charge in [0.2, 0.25) is 5.91 Å². The van der Waals surface area contributed by atoms with Crippen LogP contribution in [0.5, 0.6) is 5.75 Å². The maximum atomic E-state index is 12.9. The van der Waals surface area contributed by atoms with Gasteiger partial charge in [0.25, 0.3) is 0 Å². The molecule has 1 N–H and O–H groups in total. The Bertz CT molecular complexity index is 697. The third-order valence-electron chi connectivity index (χ3n) is 4.00. The molecule has 0 aliphatic carbocycles. The molecule has 0 saturated carbocycles. The second kappa shape index (κ2) is 7.97. The number of methoxy groups -OCH3 is 1. The number of aryl methyl sites for hydroxylation is 2. The van der Waals surface area contributed by atoms with Gasteiger partial charge in [0.1, 0.15) is 11.8 Å². The molecule has 130 valence electrons. The lowest BCUT2D eigenvalue weighted by Gasteiger charge is -2.26. The molecule has 6 nitrogen and oxygen atoms in total. The molecule has 1 atom stereocenters. The zero-order valence-electron chi connectivity index (χ0n) is 14.7. The molecule has 0 spiro atoms. The number of aromatic nitrogens is 2. The highest BCUT2D eigenvalue weighted by atomic mass is 16.5. The summed E-state index contributed by atoms with van der Waals surface area (Å²) in [5.74, 6) is 0.646. The highest BCUT2D eigenvalue weighted by Crippen LogP contribution is 2.21. The highest BCUT2D eigenvalue weighted by Gasteiger charge is 2.24. The summed E-state index contributed by atoms with van der Waals surface area (Å²) in [5, 5.41) is 13.8. The Morgan fingerprint density at radius 1 is 1.38 bits per heavy atom. The van der Waals surface area contributed by atoms with Crippen LogP contribution in [0.25, 0.3) is 0 Å². The van der Waals surface area contributed by atoms with Crippen LogP contribution in [0.4, 0.5) is 0 Å². The Labute approximate surface area is 142 Å². The standard InChI is InChI=1S/C18H25N3O3/c1-13-11-14(2)21(19-13)15(3)18(23)20(9-10-22)12-16-7-5-6-8-17(16)24-4/h5-8,11,15,22H,9-10,12H2,1-4H3. The number of hydrogen-bond acceptors (Lipinski definition) is 4. The third-order valence-corrected chi connectivity index (χ3v) is 4.00. The molecular formula is C18H25N3O3. The Balaban J connectivity index is 2.23. The summed E-state index contributed by atoms with van der Waals surface area (Å²) < 4.78 is 7.08. The molecule has 0 bridgehead atoms. The number of rotatable bonds is 7. The van der Waals surface area contributed by atoms with Crippen molar-refractivity contribution in [2.45, 2.75) is 33.4 Å². The van der Waals surface area contributed by atoms with E-state index in [4.69, 9.17) is 4.74 Å². The van der Waals surface area contributed by atoms with Gasteiger partial charge in [-0.05, 0) is 32.9 Å². The first-order chi connectivity index (χ1) is 11.5. The number of carbonyl (C=O) groups excluding carboxylic acids is 1. The predicted octanol–water partition coefficient (Wildman–Crippen LogP) is 2.09. The molecular weight excluding hydrogens is 306 g/mol. The number of ether oxygens (including phenoxy) is 1. The molecule has 1 unspecified atom stereocenters. The largest absolute Gasteiger partial charge is 0.496 e. The SMILES string of the molecule is COc1ccccc1CN(CCO)C(=O)C(C)n1nc(C)cc1C. The first kappa shape index (κ1) is 18.0. The quantitative estimate of drug-likeness (QED) is 0.843. The fourth-order valence-corrected chi connectivity index (χ4v) is 2.83. The second-order valence-electron chi connectivity index (χ2n) is 5.84. The fourth-order valence-electron chi connectivity index (χ4n) is 2.83. The lowest BCUT2D eigenvalue weighted by molar-refractivity contribution is -0.135. The molecule has 6 heteroatoms. The van der Waals surface area contributed by atoms with E-state index >= 15 is 0 Å². The van der Waals surface area contributed by atoms with Crippen molar-refractivity contribution in [2.24, 2.45) is 0 Å². The lowest BCUT2D eigenvalue weighted by atomic mass is 10.1. The molecule has 1 amide bonds. The Morgan fingerprint density at radius 2 is 2.08 bits per heavy atom. The zero-order chi connectivity index (χ0) is 17.7. The molecule has 0 radical (unpaired) electrons. The molecule has 24 heavy (non-hydrogen) atoms. The molecule has 1 aromatic carbocycles. The monoisotopic (exact) mass is 331 g/mol. The molecule has 0 fully saturated rings. The van der Waals surface area contributed by atoms with E-state index in [0.717, 1.165) is 22.7 Å². The number of carbonyl (C=O) groups is 1. The third kappa shape index (κ3) is 3.94. The topological polar surface area (TPSA) is 67.6 Å². The molecule has 0 saturated heterocycles. The van der Waals surface area contributed by atoms with Gasteiger partial charge in [-0.15, -0.1) is 0 Å².